The van der Waals surface area contributed by atoms with Crippen molar-refractivity contribution in [3.05, 3.63) is 53.9 Å². The van der Waals surface area contributed by atoms with Gasteiger partial charge in [0.25, 0.3) is 0 Å². The highest BCUT2D eigenvalue weighted by Crippen LogP contribution is 2.11. The molecule has 0 radical (unpaired) electrons. The molecule has 0 aliphatic carbocycles. The Balaban J connectivity index is 2.03. The lowest BCUT2D eigenvalue weighted by Gasteiger charge is -2.18. The highest BCUT2D eigenvalue weighted by molar-refractivity contribution is 5.18. The van der Waals surface area contributed by atoms with Gasteiger partial charge in [-0.25, -0.2) is 9.37 Å². The van der Waals surface area contributed by atoms with Crippen molar-refractivity contribution in [2.45, 2.75) is 32.2 Å². The summed E-state index contributed by atoms with van der Waals surface area (Å²) in [6.07, 6.45) is 6.07. The summed E-state index contributed by atoms with van der Waals surface area (Å²) in [6, 6.07) is 7.15. The van der Waals surface area contributed by atoms with Crippen molar-refractivity contribution >= 4 is 0 Å². The van der Waals surface area contributed by atoms with Gasteiger partial charge in [0.05, 0.1) is 0 Å². The van der Waals surface area contributed by atoms with Crippen LogP contribution in [0.1, 0.15) is 24.7 Å². The topological polar surface area (TPSA) is 40.7 Å². The number of nitrogens with one attached hydrogen (secondary N) is 2. The lowest BCUT2D eigenvalue weighted by molar-refractivity contribution is 0.485. The lowest BCUT2D eigenvalue weighted by atomic mass is 10.0. The van der Waals surface area contributed by atoms with E-state index in [2.05, 4.69) is 22.2 Å². The molecule has 2 aromatic rings. The quantitative estimate of drug-likeness (QED) is 0.804. The number of hydrogen-bond donors (Lipinski definition) is 2. The van der Waals surface area contributed by atoms with E-state index < -0.39 is 0 Å². The molecule has 2 rings (SSSR count). The summed E-state index contributed by atoms with van der Waals surface area (Å²) < 4.78 is 13.7. The fraction of sp³-hybridized carbons (Fsp3) is 0.400. The molecule has 0 amide bonds. The fourth-order valence-corrected chi connectivity index (χ4v) is 2.14. The minimum atomic E-state index is -0.134. The Labute approximate surface area is 113 Å². The molecule has 0 aliphatic heterocycles. The van der Waals surface area contributed by atoms with E-state index >= 15 is 0 Å². The lowest BCUT2D eigenvalue weighted by Crippen LogP contribution is -2.34. The molecule has 1 heterocycles. The van der Waals surface area contributed by atoms with Gasteiger partial charge in [0, 0.05) is 24.9 Å². The first-order valence-electron chi connectivity index (χ1n) is 6.74. The summed E-state index contributed by atoms with van der Waals surface area (Å²) in [6.45, 7) is 3.06. The van der Waals surface area contributed by atoms with Crippen LogP contribution in [0.5, 0.6) is 0 Å². The summed E-state index contributed by atoms with van der Waals surface area (Å²) >= 11 is 0. The van der Waals surface area contributed by atoms with Crippen LogP contribution in [0.4, 0.5) is 4.39 Å². The molecule has 0 saturated heterocycles. The van der Waals surface area contributed by atoms with Crippen LogP contribution in [0.25, 0.3) is 0 Å². The molecule has 0 fully saturated rings. The Morgan fingerprint density at radius 1 is 1.32 bits per heavy atom. The first kappa shape index (κ1) is 13.7. The van der Waals surface area contributed by atoms with Crippen molar-refractivity contribution in [2.24, 2.45) is 0 Å². The third kappa shape index (κ3) is 4.17. The standard InChI is InChI=1S/C15H20FN3/c1-2-7-17-13(11-15-18-8-9-19-15)10-12-5-3-4-6-14(12)16/h3-6,8-9,13,17H,2,7,10-11H2,1H3,(H,18,19). The second kappa shape index (κ2) is 7.04. The van der Waals surface area contributed by atoms with Gasteiger partial charge >= 0.3 is 0 Å². The van der Waals surface area contributed by atoms with Gasteiger partial charge in [-0.15, -0.1) is 0 Å². The minimum Gasteiger partial charge on any atom is -0.349 e. The van der Waals surface area contributed by atoms with Crippen molar-refractivity contribution in [3.63, 3.8) is 0 Å². The zero-order valence-corrected chi connectivity index (χ0v) is 11.2. The molecule has 1 aromatic carbocycles. The Bertz CT molecular complexity index is 482. The predicted octanol–water partition coefficient (Wildman–Crippen LogP) is 2.70. The zero-order valence-electron chi connectivity index (χ0n) is 11.2. The maximum absolute atomic E-state index is 13.7. The third-order valence-corrected chi connectivity index (χ3v) is 3.10. The highest BCUT2D eigenvalue weighted by Gasteiger charge is 2.13. The summed E-state index contributed by atoms with van der Waals surface area (Å²) in [5, 5.41) is 3.46. The smallest absolute Gasteiger partial charge is 0.126 e. The number of imidazole rings is 1. The van der Waals surface area contributed by atoms with Crippen LogP contribution < -0.4 is 5.32 Å². The molecule has 102 valence electrons. The van der Waals surface area contributed by atoms with Crippen LogP contribution in [-0.2, 0) is 12.8 Å². The number of benzene rings is 1. The average Bonchev–Trinajstić information content (AvgIpc) is 2.91. The van der Waals surface area contributed by atoms with Crippen LogP contribution in [0.15, 0.2) is 36.7 Å². The average molecular weight is 261 g/mol. The SMILES string of the molecule is CCCNC(Cc1ncc[nH]1)Cc1ccccc1F. The van der Waals surface area contributed by atoms with Gasteiger partial charge < -0.3 is 10.3 Å². The molecule has 4 heteroatoms. The monoisotopic (exact) mass is 261 g/mol. The molecule has 1 unspecified atom stereocenters. The summed E-state index contributed by atoms with van der Waals surface area (Å²) in [7, 11) is 0. The number of nitrogens with zero attached hydrogens (tertiary/aromatic N) is 1. The van der Waals surface area contributed by atoms with Gasteiger partial charge in [-0.1, -0.05) is 25.1 Å². The number of aromatic nitrogens is 2. The molecule has 0 bridgehead atoms. The number of H-pyrrole nitrogens is 1. The van der Waals surface area contributed by atoms with Gasteiger partial charge in [0.15, 0.2) is 0 Å². The molecular formula is C15H20FN3. The van der Waals surface area contributed by atoms with E-state index in [0.29, 0.717) is 6.42 Å². The summed E-state index contributed by atoms with van der Waals surface area (Å²) in [5.41, 5.74) is 0.752. The van der Waals surface area contributed by atoms with Crippen molar-refractivity contribution in [1.29, 1.82) is 0 Å². The first-order valence-corrected chi connectivity index (χ1v) is 6.74. The third-order valence-electron chi connectivity index (χ3n) is 3.10. The van der Waals surface area contributed by atoms with E-state index in [9.17, 15) is 4.39 Å². The largest absolute Gasteiger partial charge is 0.349 e. The van der Waals surface area contributed by atoms with Gasteiger partial charge in [0.2, 0.25) is 0 Å². The molecule has 19 heavy (non-hydrogen) atoms. The molecule has 0 saturated carbocycles. The summed E-state index contributed by atoms with van der Waals surface area (Å²) in [4.78, 5) is 7.34. The maximum atomic E-state index is 13.7. The van der Waals surface area contributed by atoms with E-state index in [0.717, 1.165) is 30.8 Å². The van der Waals surface area contributed by atoms with E-state index in [1.54, 1.807) is 12.3 Å². The molecule has 1 aromatic heterocycles. The van der Waals surface area contributed by atoms with Gasteiger partial charge in [-0.2, -0.15) is 0 Å². The Morgan fingerprint density at radius 3 is 2.84 bits per heavy atom. The number of hydrogen-bond acceptors (Lipinski definition) is 2. The van der Waals surface area contributed by atoms with Gasteiger partial charge in [-0.3, -0.25) is 0 Å². The van der Waals surface area contributed by atoms with Gasteiger partial charge in [0.1, 0.15) is 11.6 Å². The van der Waals surface area contributed by atoms with Crippen molar-refractivity contribution in [1.82, 2.24) is 15.3 Å². The van der Waals surface area contributed by atoms with Crippen molar-refractivity contribution < 1.29 is 4.39 Å². The maximum Gasteiger partial charge on any atom is 0.126 e. The van der Waals surface area contributed by atoms with E-state index in [-0.39, 0.29) is 11.9 Å². The number of halogens is 1. The van der Waals surface area contributed by atoms with Crippen LogP contribution in [0, 0.1) is 5.82 Å². The van der Waals surface area contributed by atoms with Crippen LogP contribution in [0.3, 0.4) is 0 Å². The number of aromatic amines is 1. The van der Waals surface area contributed by atoms with Crippen LogP contribution >= 0.6 is 0 Å². The van der Waals surface area contributed by atoms with E-state index in [1.165, 1.54) is 6.07 Å². The Kier molecular flexibility index (Phi) is 5.10. The Hall–Kier alpha value is -1.68. The molecule has 0 aliphatic rings. The minimum absolute atomic E-state index is 0.134. The highest BCUT2D eigenvalue weighted by atomic mass is 19.1. The van der Waals surface area contributed by atoms with Crippen LogP contribution in [-0.4, -0.2) is 22.6 Å². The molecule has 1 atom stereocenters. The second-order valence-corrected chi connectivity index (χ2v) is 4.69. The van der Waals surface area contributed by atoms with E-state index in [1.807, 2.05) is 18.3 Å². The molecule has 2 N–H and O–H groups in total. The fourth-order valence-electron chi connectivity index (χ4n) is 2.14. The first-order chi connectivity index (χ1) is 9.29. The second-order valence-electron chi connectivity index (χ2n) is 4.69. The molecular weight excluding hydrogens is 241 g/mol. The van der Waals surface area contributed by atoms with Gasteiger partial charge in [-0.05, 0) is 31.0 Å². The van der Waals surface area contributed by atoms with Crippen molar-refractivity contribution in [3.8, 4) is 0 Å². The predicted molar refractivity (Wildman–Crippen MR) is 74.5 cm³/mol. The van der Waals surface area contributed by atoms with Crippen LogP contribution in [0.2, 0.25) is 0 Å². The molecule has 0 spiro atoms. The Morgan fingerprint density at radius 2 is 2.16 bits per heavy atom. The van der Waals surface area contributed by atoms with Crippen molar-refractivity contribution in [2.75, 3.05) is 6.54 Å². The molecule has 3 nitrogen and oxygen atoms in total. The summed E-state index contributed by atoms with van der Waals surface area (Å²) in [5.74, 6) is 0.801. The zero-order chi connectivity index (χ0) is 13.5. The number of rotatable bonds is 7. The normalized spacial score (nSPS) is 12.5. The van der Waals surface area contributed by atoms with E-state index in [4.69, 9.17) is 0 Å².